The molecule has 27 heavy (non-hydrogen) atoms. The zero-order valence-corrected chi connectivity index (χ0v) is 19.3. The van der Waals surface area contributed by atoms with Crippen molar-refractivity contribution in [1.29, 1.82) is 0 Å². The van der Waals surface area contributed by atoms with E-state index >= 15 is 0 Å². The molecule has 0 aliphatic carbocycles. The lowest BCUT2D eigenvalue weighted by molar-refractivity contribution is 0.0605. The number of hydrogen-bond acceptors (Lipinski definition) is 4. The van der Waals surface area contributed by atoms with E-state index in [0.717, 1.165) is 5.75 Å². The van der Waals surface area contributed by atoms with E-state index < -0.39 is 7.82 Å². The maximum Gasteiger partial charge on any atom is 0.469 e. The van der Waals surface area contributed by atoms with Crippen molar-refractivity contribution in [2.45, 2.75) is 103 Å². The molecule has 7 heteroatoms. The molecule has 0 heterocycles. The van der Waals surface area contributed by atoms with Crippen LogP contribution in [0.2, 0.25) is 0 Å². The molecule has 0 aromatic rings. The van der Waals surface area contributed by atoms with Gasteiger partial charge in [0.25, 0.3) is 0 Å². The van der Waals surface area contributed by atoms with Gasteiger partial charge >= 0.3 is 7.82 Å². The molecule has 164 valence electrons. The Morgan fingerprint density at radius 1 is 0.815 bits per heavy atom. The number of methoxy groups -OCH3 is 1. The summed E-state index contributed by atoms with van der Waals surface area (Å²) in [5.74, 6) is 1.77. The average Bonchev–Trinajstić information content (AvgIpc) is 2.63. The van der Waals surface area contributed by atoms with Crippen LogP contribution in [-0.2, 0) is 13.8 Å². The van der Waals surface area contributed by atoms with Crippen LogP contribution in [0.25, 0.3) is 0 Å². The third kappa shape index (κ3) is 22.6. The Morgan fingerprint density at radius 3 is 1.67 bits per heavy atom. The predicted molar refractivity (Wildman–Crippen MR) is 116 cm³/mol. The first-order valence-electron chi connectivity index (χ1n) is 10.8. The molecule has 1 unspecified atom stereocenters. The van der Waals surface area contributed by atoms with E-state index in [1.165, 1.54) is 89.9 Å². The summed E-state index contributed by atoms with van der Waals surface area (Å²) < 4.78 is 20.4. The lowest BCUT2D eigenvalue weighted by Crippen LogP contribution is -2.20. The van der Waals surface area contributed by atoms with E-state index in [4.69, 9.17) is 14.5 Å². The molecule has 0 fully saturated rings. The van der Waals surface area contributed by atoms with Gasteiger partial charge in [0.05, 0.1) is 12.7 Å². The number of phosphoric ester groups is 1. The lowest BCUT2D eigenvalue weighted by Gasteiger charge is -2.15. The van der Waals surface area contributed by atoms with E-state index in [2.05, 4.69) is 11.4 Å². The van der Waals surface area contributed by atoms with Crippen molar-refractivity contribution in [2.75, 3.05) is 25.2 Å². The Kier molecular flexibility index (Phi) is 20.0. The SMILES string of the molecule is CCCCCCCCCCCCCCCCSCC(COP(=O)(O)O)OC. The third-order valence-corrected chi connectivity index (χ3v) is 6.38. The molecule has 0 rings (SSSR count). The highest BCUT2D eigenvalue weighted by Crippen LogP contribution is 2.36. The first kappa shape index (κ1) is 27.4. The number of hydrogen-bond donors (Lipinski definition) is 2. The molecule has 0 aromatic carbocycles. The van der Waals surface area contributed by atoms with Crippen molar-refractivity contribution in [2.24, 2.45) is 0 Å². The Morgan fingerprint density at radius 2 is 1.26 bits per heavy atom. The molecule has 0 saturated carbocycles. The standard InChI is InChI=1S/C20H43O5PS/c1-3-4-5-6-7-8-9-10-11-12-13-14-15-16-17-27-19-20(24-2)18-25-26(21,22)23/h20H,3-19H2,1-2H3,(H2,21,22,23). The predicted octanol–water partition coefficient (Wildman–Crippen LogP) is 6.33. The van der Waals surface area contributed by atoms with E-state index in [0.29, 0.717) is 5.75 Å². The van der Waals surface area contributed by atoms with Crippen LogP contribution in [0.3, 0.4) is 0 Å². The minimum atomic E-state index is -4.40. The number of unbranched alkanes of at least 4 members (excludes halogenated alkanes) is 13. The van der Waals surface area contributed by atoms with Crippen LogP contribution in [0.4, 0.5) is 0 Å². The lowest BCUT2D eigenvalue weighted by atomic mass is 10.0. The maximum atomic E-state index is 10.7. The molecule has 0 aromatic heterocycles. The summed E-state index contributed by atoms with van der Waals surface area (Å²) in [6.07, 6.45) is 18.8. The Hall–Kier alpha value is 0.420. The number of rotatable bonds is 21. The summed E-state index contributed by atoms with van der Waals surface area (Å²) in [5, 5.41) is 0. The van der Waals surface area contributed by atoms with E-state index in [1.807, 2.05) is 0 Å². The molecule has 0 aliphatic rings. The zero-order valence-electron chi connectivity index (χ0n) is 17.6. The smallest absolute Gasteiger partial charge is 0.378 e. The first-order chi connectivity index (χ1) is 13.0. The van der Waals surface area contributed by atoms with Crippen LogP contribution in [-0.4, -0.2) is 41.1 Å². The molecule has 0 radical (unpaired) electrons. The molecule has 0 aliphatic heterocycles. The quantitative estimate of drug-likeness (QED) is 0.165. The maximum absolute atomic E-state index is 10.7. The Balaban J connectivity index is 3.25. The second-order valence-corrected chi connectivity index (χ2v) is 9.70. The van der Waals surface area contributed by atoms with E-state index in [-0.39, 0.29) is 12.7 Å². The summed E-state index contributed by atoms with van der Waals surface area (Å²) in [4.78, 5) is 17.4. The van der Waals surface area contributed by atoms with E-state index in [1.54, 1.807) is 18.9 Å². The van der Waals surface area contributed by atoms with Gasteiger partial charge in [0.15, 0.2) is 0 Å². The molecule has 1 atom stereocenters. The Labute approximate surface area is 171 Å². The molecule has 5 nitrogen and oxygen atoms in total. The molecule has 2 N–H and O–H groups in total. The summed E-state index contributed by atoms with van der Waals surface area (Å²) in [6, 6.07) is 0. The summed E-state index contributed by atoms with van der Waals surface area (Å²) in [5.41, 5.74) is 0. The normalized spacial score (nSPS) is 13.2. The summed E-state index contributed by atoms with van der Waals surface area (Å²) in [7, 11) is -2.86. The highest BCUT2D eigenvalue weighted by atomic mass is 32.2. The fourth-order valence-electron chi connectivity index (χ4n) is 2.98. The van der Waals surface area contributed by atoms with Crippen LogP contribution in [0.1, 0.15) is 96.8 Å². The largest absolute Gasteiger partial charge is 0.469 e. The van der Waals surface area contributed by atoms with Gasteiger partial charge in [0.2, 0.25) is 0 Å². The molecule has 0 spiro atoms. The van der Waals surface area contributed by atoms with Crippen molar-refractivity contribution in [3.05, 3.63) is 0 Å². The van der Waals surface area contributed by atoms with Gasteiger partial charge in [-0.1, -0.05) is 90.4 Å². The van der Waals surface area contributed by atoms with Crippen LogP contribution in [0.5, 0.6) is 0 Å². The fraction of sp³-hybridized carbons (Fsp3) is 1.00. The minimum Gasteiger partial charge on any atom is -0.378 e. The second-order valence-electron chi connectivity index (χ2n) is 7.32. The van der Waals surface area contributed by atoms with Crippen LogP contribution < -0.4 is 0 Å². The zero-order chi connectivity index (χ0) is 20.2. The van der Waals surface area contributed by atoms with Crippen molar-refractivity contribution in [3.63, 3.8) is 0 Å². The van der Waals surface area contributed by atoms with Gasteiger partial charge in [-0.05, 0) is 12.2 Å². The monoisotopic (exact) mass is 426 g/mol. The summed E-state index contributed by atoms with van der Waals surface area (Å²) >= 11 is 1.76. The highest BCUT2D eigenvalue weighted by Gasteiger charge is 2.17. The molecule has 0 saturated heterocycles. The highest BCUT2D eigenvalue weighted by molar-refractivity contribution is 7.99. The molecule has 0 amide bonds. The van der Waals surface area contributed by atoms with Crippen molar-refractivity contribution < 1.29 is 23.6 Å². The van der Waals surface area contributed by atoms with Gasteiger partial charge in [0.1, 0.15) is 0 Å². The van der Waals surface area contributed by atoms with Gasteiger partial charge in [-0.25, -0.2) is 4.57 Å². The van der Waals surface area contributed by atoms with Gasteiger partial charge in [-0.15, -0.1) is 0 Å². The third-order valence-electron chi connectivity index (χ3n) is 4.71. The van der Waals surface area contributed by atoms with Crippen LogP contribution >= 0.6 is 19.6 Å². The topological polar surface area (TPSA) is 76.0 Å². The van der Waals surface area contributed by atoms with Crippen LogP contribution in [0.15, 0.2) is 0 Å². The average molecular weight is 427 g/mol. The fourth-order valence-corrected chi connectivity index (χ4v) is 4.41. The van der Waals surface area contributed by atoms with Gasteiger partial charge < -0.3 is 14.5 Å². The minimum absolute atomic E-state index is 0.0630. The number of ether oxygens (including phenoxy) is 1. The van der Waals surface area contributed by atoms with Gasteiger partial charge in [-0.3, -0.25) is 4.52 Å². The number of phosphoric acid groups is 1. The Bertz CT molecular complexity index is 351. The van der Waals surface area contributed by atoms with Crippen LogP contribution in [0, 0.1) is 0 Å². The van der Waals surface area contributed by atoms with Crippen molar-refractivity contribution in [1.82, 2.24) is 0 Å². The van der Waals surface area contributed by atoms with E-state index in [9.17, 15) is 4.57 Å². The second kappa shape index (κ2) is 19.7. The molecule has 0 bridgehead atoms. The molecular formula is C20H43O5PS. The summed E-state index contributed by atoms with van der Waals surface area (Å²) in [6.45, 7) is 2.21. The van der Waals surface area contributed by atoms with Gasteiger partial charge in [-0.2, -0.15) is 11.8 Å². The van der Waals surface area contributed by atoms with Crippen molar-refractivity contribution >= 4 is 19.6 Å². The van der Waals surface area contributed by atoms with Crippen molar-refractivity contribution in [3.8, 4) is 0 Å². The first-order valence-corrected chi connectivity index (χ1v) is 13.5. The number of thioether (sulfide) groups is 1. The molecular weight excluding hydrogens is 383 g/mol. The van der Waals surface area contributed by atoms with Gasteiger partial charge in [0, 0.05) is 12.9 Å².